The van der Waals surface area contributed by atoms with Gasteiger partial charge in [-0.25, -0.2) is 0 Å². The largest absolute Gasteiger partial charge is 0.337 e. The second-order valence-corrected chi connectivity index (χ2v) is 7.74. The zero-order chi connectivity index (χ0) is 16.7. The normalized spacial score (nSPS) is 18.7. The molecule has 1 amide bonds. The number of fused-ring (bicyclic) bond motifs is 1. The van der Waals surface area contributed by atoms with Crippen molar-refractivity contribution in [2.24, 2.45) is 0 Å². The Labute approximate surface area is 150 Å². The predicted molar refractivity (Wildman–Crippen MR) is 99.5 cm³/mol. The molecular weight excluding hydrogens is 366 g/mol. The first-order chi connectivity index (χ1) is 11.6. The van der Waals surface area contributed by atoms with Crippen molar-refractivity contribution < 1.29 is 4.79 Å². The average Bonchev–Trinajstić information content (AvgIpc) is 3.40. The number of aromatic nitrogens is 1. The Morgan fingerprint density at radius 1 is 1.29 bits per heavy atom. The van der Waals surface area contributed by atoms with Crippen LogP contribution in [0.3, 0.4) is 0 Å². The summed E-state index contributed by atoms with van der Waals surface area (Å²) in [5, 5.41) is 4.34. The Bertz CT molecular complexity index is 793. The zero-order valence-corrected chi connectivity index (χ0v) is 15.5. The van der Waals surface area contributed by atoms with E-state index in [0.717, 1.165) is 64.8 Å². The van der Waals surface area contributed by atoms with Gasteiger partial charge in [-0.05, 0) is 56.5 Å². The molecule has 4 nitrogen and oxygen atoms in total. The molecule has 0 radical (unpaired) electrons. The molecule has 0 spiro atoms. The number of carbonyl (C=O) groups excluding carboxylic acids is 1. The van der Waals surface area contributed by atoms with E-state index >= 15 is 0 Å². The average molecular weight is 388 g/mol. The lowest BCUT2D eigenvalue weighted by Crippen LogP contribution is -2.35. The highest BCUT2D eigenvalue weighted by Gasteiger charge is 2.31. The van der Waals surface area contributed by atoms with E-state index in [1.54, 1.807) is 0 Å². The molecule has 1 saturated carbocycles. The van der Waals surface area contributed by atoms with Crippen LogP contribution >= 0.6 is 15.9 Å². The van der Waals surface area contributed by atoms with Crippen LogP contribution in [-0.2, 0) is 0 Å². The number of rotatable bonds is 2. The molecule has 1 aromatic heterocycles. The molecule has 4 rings (SSSR count). The molecule has 0 bridgehead atoms. The number of carbonyl (C=O) groups is 1. The van der Waals surface area contributed by atoms with Crippen LogP contribution in [0.25, 0.3) is 10.9 Å². The smallest absolute Gasteiger partial charge is 0.254 e. The number of halogens is 1. The minimum absolute atomic E-state index is 0.156. The Hall–Kier alpha value is -1.46. The molecule has 1 N–H and O–H groups in total. The van der Waals surface area contributed by atoms with Crippen LogP contribution in [0.5, 0.6) is 0 Å². The molecule has 5 heteroatoms. The Balaban J connectivity index is 1.86. The summed E-state index contributed by atoms with van der Waals surface area (Å²) in [5.74, 6) is 0.694. The summed E-state index contributed by atoms with van der Waals surface area (Å²) in [7, 11) is 0. The molecule has 2 heterocycles. The van der Waals surface area contributed by atoms with E-state index in [9.17, 15) is 4.79 Å². The van der Waals surface area contributed by atoms with Crippen LogP contribution in [0.15, 0.2) is 22.7 Å². The van der Waals surface area contributed by atoms with Crippen molar-refractivity contribution in [3.05, 3.63) is 39.5 Å². The second kappa shape index (κ2) is 6.45. The molecule has 126 valence electrons. The molecule has 2 fully saturated rings. The Morgan fingerprint density at radius 3 is 2.92 bits per heavy atom. The monoisotopic (exact) mass is 387 g/mol. The summed E-state index contributed by atoms with van der Waals surface area (Å²) in [6, 6.07) is 6.06. The molecule has 2 aromatic rings. The first-order valence-corrected chi connectivity index (χ1v) is 9.54. The van der Waals surface area contributed by atoms with Gasteiger partial charge in [0, 0.05) is 41.1 Å². The topological polar surface area (TPSA) is 45.2 Å². The standard InChI is InChI=1S/C19H22BrN3O/c1-12-17(19(24)23-9-2-7-21-8-10-23)15-11-14(20)5-6-16(15)22-18(12)13-3-4-13/h5-6,11,13,21H,2-4,7-10H2,1H3. The number of nitrogens with one attached hydrogen (secondary N) is 1. The third kappa shape index (κ3) is 2.95. The van der Waals surface area contributed by atoms with Crippen LogP contribution in [0.4, 0.5) is 0 Å². The Kier molecular flexibility index (Phi) is 4.31. The maximum Gasteiger partial charge on any atom is 0.254 e. The van der Waals surface area contributed by atoms with Gasteiger partial charge in [-0.1, -0.05) is 15.9 Å². The van der Waals surface area contributed by atoms with Crippen LogP contribution < -0.4 is 5.32 Å². The van der Waals surface area contributed by atoms with Gasteiger partial charge in [0.25, 0.3) is 5.91 Å². The molecule has 1 saturated heterocycles. The van der Waals surface area contributed by atoms with E-state index in [-0.39, 0.29) is 5.91 Å². The lowest BCUT2D eigenvalue weighted by Gasteiger charge is -2.23. The van der Waals surface area contributed by atoms with Gasteiger partial charge >= 0.3 is 0 Å². The maximum atomic E-state index is 13.3. The van der Waals surface area contributed by atoms with Gasteiger partial charge in [0.05, 0.1) is 11.1 Å². The SMILES string of the molecule is Cc1c(C2CC2)nc2ccc(Br)cc2c1C(=O)N1CCCNCC1. The minimum Gasteiger partial charge on any atom is -0.337 e. The van der Waals surface area contributed by atoms with E-state index in [0.29, 0.717) is 5.92 Å². The highest BCUT2D eigenvalue weighted by molar-refractivity contribution is 9.10. The fourth-order valence-electron chi connectivity index (χ4n) is 3.59. The van der Waals surface area contributed by atoms with Crippen molar-refractivity contribution in [3.63, 3.8) is 0 Å². The number of hydrogen-bond donors (Lipinski definition) is 1. The molecular formula is C19H22BrN3O. The van der Waals surface area contributed by atoms with Crippen molar-refractivity contribution in [2.75, 3.05) is 26.2 Å². The Morgan fingerprint density at radius 2 is 2.12 bits per heavy atom. The quantitative estimate of drug-likeness (QED) is 0.855. The van der Waals surface area contributed by atoms with Crippen molar-refractivity contribution in [1.29, 1.82) is 0 Å². The number of hydrogen-bond acceptors (Lipinski definition) is 3. The molecule has 2 aliphatic rings. The van der Waals surface area contributed by atoms with Gasteiger partial charge in [0.15, 0.2) is 0 Å². The van der Waals surface area contributed by atoms with E-state index in [2.05, 4.69) is 28.2 Å². The van der Waals surface area contributed by atoms with Crippen molar-refractivity contribution >= 4 is 32.7 Å². The fourth-order valence-corrected chi connectivity index (χ4v) is 3.95. The second-order valence-electron chi connectivity index (χ2n) is 6.83. The van der Waals surface area contributed by atoms with Gasteiger partial charge in [0.1, 0.15) is 0 Å². The summed E-state index contributed by atoms with van der Waals surface area (Å²) >= 11 is 3.55. The minimum atomic E-state index is 0.156. The van der Waals surface area contributed by atoms with Gasteiger partial charge in [-0.2, -0.15) is 0 Å². The number of benzene rings is 1. The van der Waals surface area contributed by atoms with Gasteiger partial charge in [-0.3, -0.25) is 9.78 Å². The maximum absolute atomic E-state index is 13.3. The number of nitrogens with zero attached hydrogens (tertiary/aromatic N) is 2. The first kappa shape index (κ1) is 16.0. The third-order valence-corrected chi connectivity index (χ3v) is 5.53. The highest BCUT2D eigenvalue weighted by Crippen LogP contribution is 2.42. The highest BCUT2D eigenvalue weighted by atomic mass is 79.9. The van der Waals surface area contributed by atoms with E-state index in [1.165, 1.54) is 12.8 Å². The number of pyridine rings is 1. The molecule has 1 aliphatic heterocycles. The van der Waals surface area contributed by atoms with Crippen LogP contribution in [0.2, 0.25) is 0 Å². The van der Waals surface area contributed by atoms with Crippen LogP contribution in [0, 0.1) is 6.92 Å². The van der Waals surface area contributed by atoms with Crippen molar-refractivity contribution in [2.45, 2.75) is 32.1 Å². The molecule has 1 aliphatic carbocycles. The zero-order valence-electron chi connectivity index (χ0n) is 13.9. The summed E-state index contributed by atoms with van der Waals surface area (Å²) in [5.41, 5.74) is 3.98. The van der Waals surface area contributed by atoms with Crippen LogP contribution in [0.1, 0.15) is 46.8 Å². The van der Waals surface area contributed by atoms with E-state index in [1.807, 2.05) is 23.1 Å². The van der Waals surface area contributed by atoms with E-state index in [4.69, 9.17) is 4.98 Å². The summed E-state index contributed by atoms with van der Waals surface area (Å²) < 4.78 is 0.988. The van der Waals surface area contributed by atoms with Crippen LogP contribution in [-0.4, -0.2) is 42.0 Å². The van der Waals surface area contributed by atoms with Gasteiger partial charge in [0.2, 0.25) is 0 Å². The summed E-state index contributed by atoms with van der Waals surface area (Å²) in [6.07, 6.45) is 3.39. The lowest BCUT2D eigenvalue weighted by molar-refractivity contribution is 0.0767. The molecule has 0 unspecified atom stereocenters. The van der Waals surface area contributed by atoms with Gasteiger partial charge < -0.3 is 10.2 Å². The first-order valence-electron chi connectivity index (χ1n) is 8.75. The molecule has 0 atom stereocenters. The third-order valence-electron chi connectivity index (χ3n) is 5.03. The van der Waals surface area contributed by atoms with E-state index < -0.39 is 0 Å². The predicted octanol–water partition coefficient (Wildman–Crippen LogP) is 3.62. The lowest BCUT2D eigenvalue weighted by atomic mass is 9.98. The molecule has 24 heavy (non-hydrogen) atoms. The summed E-state index contributed by atoms with van der Waals surface area (Å²) in [4.78, 5) is 20.2. The van der Waals surface area contributed by atoms with Crippen molar-refractivity contribution in [1.82, 2.24) is 15.2 Å². The summed E-state index contributed by atoms with van der Waals surface area (Å²) in [6.45, 7) is 5.52. The van der Waals surface area contributed by atoms with Gasteiger partial charge in [-0.15, -0.1) is 0 Å². The molecule has 1 aromatic carbocycles. The fraction of sp³-hybridized carbons (Fsp3) is 0.474. The number of amides is 1. The van der Waals surface area contributed by atoms with Crippen molar-refractivity contribution in [3.8, 4) is 0 Å².